The van der Waals surface area contributed by atoms with Gasteiger partial charge >= 0.3 is 0 Å². The van der Waals surface area contributed by atoms with Gasteiger partial charge < -0.3 is 4.90 Å². The molecular weight excluding hydrogens is 357 g/mol. The smallest absolute Gasteiger partial charge is 0.131 e. The molecule has 0 spiro atoms. The number of rotatable bonds is 5. The van der Waals surface area contributed by atoms with E-state index >= 15 is 0 Å². The summed E-state index contributed by atoms with van der Waals surface area (Å²) in [5, 5.41) is 0. The van der Waals surface area contributed by atoms with E-state index < -0.39 is 0 Å². The molecule has 1 nitrogen and oxygen atoms in total. The van der Waals surface area contributed by atoms with Crippen molar-refractivity contribution in [2.75, 3.05) is 19.6 Å². The molecule has 3 aromatic carbocycles. The first-order valence-corrected chi connectivity index (χ1v) is 10.9. The number of halogens is 1. The third kappa shape index (κ3) is 4.13. The van der Waals surface area contributed by atoms with Crippen molar-refractivity contribution in [2.24, 2.45) is 5.92 Å². The fraction of sp³-hybridized carbons (Fsp3) is 0.333. The molecule has 1 heterocycles. The molecule has 2 unspecified atom stereocenters. The zero-order chi connectivity index (χ0) is 19.6. The van der Waals surface area contributed by atoms with E-state index in [-0.39, 0.29) is 5.82 Å². The summed E-state index contributed by atoms with van der Waals surface area (Å²) in [4.78, 5) is 2.62. The molecule has 2 aliphatic rings. The minimum Gasteiger partial charge on any atom is -0.303 e. The lowest BCUT2D eigenvalue weighted by atomic mass is 9.88. The van der Waals surface area contributed by atoms with Crippen LogP contribution < -0.4 is 0 Å². The Bertz CT molecular complexity index is 945. The summed E-state index contributed by atoms with van der Waals surface area (Å²) in [5.41, 5.74) is 4.31. The summed E-state index contributed by atoms with van der Waals surface area (Å²) in [6.07, 6.45) is 3.59. The van der Waals surface area contributed by atoms with Gasteiger partial charge in [0.15, 0.2) is 0 Å². The van der Waals surface area contributed by atoms with Gasteiger partial charge in [0.05, 0.1) is 0 Å². The molecule has 3 aromatic rings. The lowest BCUT2D eigenvalue weighted by molar-refractivity contribution is 0.203. The Hall–Kier alpha value is -2.45. The molecule has 29 heavy (non-hydrogen) atoms. The van der Waals surface area contributed by atoms with Gasteiger partial charge in [0.25, 0.3) is 0 Å². The largest absolute Gasteiger partial charge is 0.303 e. The fourth-order valence-electron chi connectivity index (χ4n) is 4.98. The highest BCUT2D eigenvalue weighted by molar-refractivity contribution is 5.64. The van der Waals surface area contributed by atoms with Crippen molar-refractivity contribution in [3.05, 3.63) is 95.8 Å². The van der Waals surface area contributed by atoms with Crippen molar-refractivity contribution in [2.45, 2.75) is 31.1 Å². The summed E-state index contributed by atoms with van der Waals surface area (Å²) >= 11 is 0. The molecule has 1 aliphatic heterocycles. The highest BCUT2D eigenvalue weighted by Crippen LogP contribution is 2.48. The van der Waals surface area contributed by atoms with Gasteiger partial charge in [-0.15, -0.1) is 0 Å². The molecule has 0 bridgehead atoms. The standard InChI is InChI=1S/C27H28FN/c28-27-18-23(11-12-25(27)21-7-3-1-4-8-21)20-13-15-29(16-14-20)19-24-17-26(24)22-9-5-2-6-10-22/h1-12,18,20,24,26H,13-17,19H2. The van der Waals surface area contributed by atoms with Gasteiger partial charge in [-0.3, -0.25) is 0 Å². The highest BCUT2D eigenvalue weighted by atomic mass is 19.1. The minimum atomic E-state index is -0.0974. The zero-order valence-corrected chi connectivity index (χ0v) is 16.8. The lowest BCUT2D eigenvalue weighted by Gasteiger charge is -2.32. The van der Waals surface area contributed by atoms with Crippen LogP contribution in [0.3, 0.4) is 0 Å². The first kappa shape index (κ1) is 18.6. The van der Waals surface area contributed by atoms with Gasteiger partial charge in [-0.2, -0.15) is 0 Å². The highest BCUT2D eigenvalue weighted by Gasteiger charge is 2.39. The maximum absolute atomic E-state index is 14.7. The molecule has 2 atom stereocenters. The van der Waals surface area contributed by atoms with Crippen LogP contribution in [0.2, 0.25) is 0 Å². The Morgan fingerprint density at radius 3 is 2.17 bits per heavy atom. The second-order valence-corrected chi connectivity index (χ2v) is 8.69. The molecule has 2 fully saturated rings. The fourth-order valence-corrected chi connectivity index (χ4v) is 4.98. The van der Waals surface area contributed by atoms with Crippen molar-refractivity contribution in [3.8, 4) is 11.1 Å². The van der Waals surface area contributed by atoms with Crippen LogP contribution in [0.4, 0.5) is 4.39 Å². The molecular formula is C27H28FN. The van der Waals surface area contributed by atoms with Crippen molar-refractivity contribution in [1.29, 1.82) is 0 Å². The van der Waals surface area contributed by atoms with Crippen LogP contribution in [0.5, 0.6) is 0 Å². The Kier molecular flexibility index (Phi) is 5.20. The summed E-state index contributed by atoms with van der Waals surface area (Å²) in [6.45, 7) is 3.48. The number of benzene rings is 3. The van der Waals surface area contributed by atoms with E-state index in [2.05, 4.69) is 41.3 Å². The summed E-state index contributed by atoms with van der Waals surface area (Å²) in [5.74, 6) is 1.96. The lowest BCUT2D eigenvalue weighted by Crippen LogP contribution is -2.34. The van der Waals surface area contributed by atoms with Gasteiger partial charge in [-0.1, -0.05) is 72.8 Å². The van der Waals surface area contributed by atoms with E-state index in [0.717, 1.165) is 48.9 Å². The second kappa shape index (κ2) is 8.12. The van der Waals surface area contributed by atoms with E-state index in [0.29, 0.717) is 11.5 Å². The number of hydrogen-bond donors (Lipinski definition) is 0. The SMILES string of the molecule is Fc1cc(C2CCN(CC3CC3c3ccccc3)CC2)ccc1-c1ccccc1. The summed E-state index contributed by atoms with van der Waals surface area (Å²) in [6, 6.07) is 26.6. The molecule has 148 valence electrons. The van der Waals surface area contributed by atoms with Crippen LogP contribution in [0.1, 0.15) is 42.2 Å². The molecule has 0 amide bonds. The molecule has 1 aliphatic carbocycles. The third-order valence-electron chi connectivity index (χ3n) is 6.78. The third-order valence-corrected chi connectivity index (χ3v) is 6.78. The second-order valence-electron chi connectivity index (χ2n) is 8.69. The van der Waals surface area contributed by atoms with Crippen LogP contribution in [-0.2, 0) is 0 Å². The first-order valence-electron chi connectivity index (χ1n) is 10.9. The Balaban J connectivity index is 1.17. The van der Waals surface area contributed by atoms with Gasteiger partial charge in [0.2, 0.25) is 0 Å². The van der Waals surface area contributed by atoms with Crippen molar-refractivity contribution in [1.82, 2.24) is 4.90 Å². The molecule has 1 saturated carbocycles. The Morgan fingerprint density at radius 2 is 1.48 bits per heavy atom. The maximum Gasteiger partial charge on any atom is 0.131 e. The molecule has 0 radical (unpaired) electrons. The first-order chi connectivity index (χ1) is 14.3. The van der Waals surface area contributed by atoms with E-state index in [1.165, 1.54) is 18.5 Å². The normalized spacial score (nSPS) is 22.5. The van der Waals surface area contributed by atoms with Crippen molar-refractivity contribution < 1.29 is 4.39 Å². The van der Waals surface area contributed by atoms with Crippen LogP contribution in [0.15, 0.2) is 78.9 Å². The predicted octanol–water partition coefficient (Wildman–Crippen LogP) is 6.48. The molecule has 0 N–H and O–H groups in total. The summed E-state index contributed by atoms with van der Waals surface area (Å²) in [7, 11) is 0. The van der Waals surface area contributed by atoms with Crippen LogP contribution in [0, 0.1) is 11.7 Å². The van der Waals surface area contributed by atoms with E-state index in [9.17, 15) is 4.39 Å². The minimum absolute atomic E-state index is 0.0974. The average molecular weight is 386 g/mol. The molecule has 2 heteroatoms. The van der Waals surface area contributed by atoms with Crippen LogP contribution in [-0.4, -0.2) is 24.5 Å². The molecule has 5 rings (SSSR count). The van der Waals surface area contributed by atoms with Crippen molar-refractivity contribution >= 4 is 0 Å². The quantitative estimate of drug-likeness (QED) is 0.486. The average Bonchev–Trinajstić information content (AvgIpc) is 3.54. The van der Waals surface area contributed by atoms with Gasteiger partial charge in [-0.05, 0) is 72.9 Å². The number of piperidine rings is 1. The topological polar surface area (TPSA) is 3.24 Å². The number of hydrogen-bond acceptors (Lipinski definition) is 1. The number of likely N-dealkylation sites (tertiary alicyclic amines) is 1. The Morgan fingerprint density at radius 1 is 0.793 bits per heavy atom. The molecule has 0 aromatic heterocycles. The zero-order valence-electron chi connectivity index (χ0n) is 16.8. The van der Waals surface area contributed by atoms with Gasteiger partial charge in [-0.25, -0.2) is 4.39 Å². The van der Waals surface area contributed by atoms with E-state index in [1.54, 1.807) is 6.07 Å². The molecule has 1 saturated heterocycles. The van der Waals surface area contributed by atoms with Gasteiger partial charge in [0, 0.05) is 12.1 Å². The van der Waals surface area contributed by atoms with E-state index in [4.69, 9.17) is 0 Å². The monoisotopic (exact) mass is 385 g/mol. The predicted molar refractivity (Wildman–Crippen MR) is 118 cm³/mol. The number of nitrogens with zero attached hydrogens (tertiary/aromatic N) is 1. The van der Waals surface area contributed by atoms with Gasteiger partial charge in [0.1, 0.15) is 5.82 Å². The maximum atomic E-state index is 14.7. The van der Waals surface area contributed by atoms with Crippen LogP contribution >= 0.6 is 0 Å². The van der Waals surface area contributed by atoms with Crippen molar-refractivity contribution in [3.63, 3.8) is 0 Å². The van der Waals surface area contributed by atoms with E-state index in [1.807, 2.05) is 36.4 Å². The van der Waals surface area contributed by atoms with Crippen LogP contribution in [0.25, 0.3) is 11.1 Å². The Labute approximate surface area is 173 Å². The summed E-state index contributed by atoms with van der Waals surface area (Å²) < 4.78 is 14.7.